The van der Waals surface area contributed by atoms with Crippen molar-refractivity contribution in [3.63, 3.8) is 0 Å². The van der Waals surface area contributed by atoms with Crippen LogP contribution in [-0.4, -0.2) is 38.7 Å². The van der Waals surface area contributed by atoms with E-state index in [0.29, 0.717) is 29.2 Å². The highest BCUT2D eigenvalue weighted by molar-refractivity contribution is 7.98. The summed E-state index contributed by atoms with van der Waals surface area (Å²) >= 11 is 7.89. The zero-order chi connectivity index (χ0) is 20.1. The molecule has 0 amide bonds. The number of halogens is 1. The number of nitrogens with zero attached hydrogens (tertiary/aromatic N) is 5. The normalized spacial score (nSPS) is 11.9. The second kappa shape index (κ2) is 9.07. The molecule has 0 saturated carbocycles. The highest BCUT2D eigenvalue weighted by Crippen LogP contribution is 2.31. The van der Waals surface area contributed by atoms with Crippen molar-refractivity contribution in [1.82, 2.24) is 25.0 Å². The molecule has 0 N–H and O–H groups in total. The summed E-state index contributed by atoms with van der Waals surface area (Å²) in [5, 5.41) is 18.5. The van der Waals surface area contributed by atoms with Crippen molar-refractivity contribution in [3.05, 3.63) is 41.1 Å². The second-order valence-corrected chi connectivity index (χ2v) is 8.67. The van der Waals surface area contributed by atoms with Crippen molar-refractivity contribution in [2.45, 2.75) is 50.1 Å². The molecule has 0 atom stereocenters. The molecule has 2 aromatic heterocycles. The van der Waals surface area contributed by atoms with E-state index in [1.54, 1.807) is 7.11 Å². The minimum atomic E-state index is -0.173. The van der Waals surface area contributed by atoms with Gasteiger partial charge in [-0.05, 0) is 18.6 Å². The highest BCUT2D eigenvalue weighted by Gasteiger charge is 2.22. The number of aromatic nitrogens is 5. The van der Waals surface area contributed by atoms with Gasteiger partial charge < -0.3 is 13.7 Å². The predicted molar refractivity (Wildman–Crippen MR) is 110 cm³/mol. The largest absolute Gasteiger partial charge is 0.424 e. The molecule has 0 unspecified atom stereocenters. The third-order valence-corrected chi connectivity index (χ3v) is 5.28. The molecule has 0 fully saturated rings. The van der Waals surface area contributed by atoms with Gasteiger partial charge in [0.25, 0.3) is 0 Å². The van der Waals surface area contributed by atoms with Crippen LogP contribution in [0.1, 0.15) is 39.0 Å². The Morgan fingerprint density at radius 2 is 1.93 bits per heavy atom. The Hall–Kier alpha value is -1.90. The number of hydrogen-bond acceptors (Lipinski definition) is 7. The molecule has 28 heavy (non-hydrogen) atoms. The zero-order valence-corrected chi connectivity index (χ0v) is 18.0. The Bertz CT molecular complexity index is 919. The minimum Gasteiger partial charge on any atom is -0.424 e. The van der Waals surface area contributed by atoms with E-state index in [-0.39, 0.29) is 5.41 Å². The average Bonchev–Trinajstić information content (AvgIpc) is 3.28. The number of thioether (sulfide) groups is 1. The van der Waals surface area contributed by atoms with Gasteiger partial charge in [-0.1, -0.05) is 56.3 Å². The van der Waals surface area contributed by atoms with Gasteiger partial charge in [0.15, 0.2) is 11.0 Å². The van der Waals surface area contributed by atoms with Gasteiger partial charge in [-0.3, -0.25) is 0 Å². The van der Waals surface area contributed by atoms with Gasteiger partial charge in [-0.15, -0.1) is 20.4 Å². The first-order chi connectivity index (χ1) is 13.4. The van der Waals surface area contributed by atoms with Gasteiger partial charge in [-0.2, -0.15) is 0 Å². The topological polar surface area (TPSA) is 78.9 Å². The summed E-state index contributed by atoms with van der Waals surface area (Å²) in [6, 6.07) is 7.63. The Balaban J connectivity index is 1.82. The SMILES string of the molecule is COCCCn1c(SCc2nnc(C(C)(C)C)o2)nnc1-c1ccccc1Cl. The van der Waals surface area contributed by atoms with E-state index in [1.165, 1.54) is 11.8 Å². The summed E-state index contributed by atoms with van der Waals surface area (Å²) in [6.45, 7) is 7.50. The average molecular weight is 422 g/mol. The lowest BCUT2D eigenvalue weighted by Gasteiger charge is -2.11. The van der Waals surface area contributed by atoms with Gasteiger partial charge in [0.05, 0.1) is 10.8 Å². The fourth-order valence-corrected chi connectivity index (χ4v) is 3.57. The molecule has 0 aliphatic heterocycles. The van der Waals surface area contributed by atoms with Crippen LogP contribution in [0.5, 0.6) is 0 Å². The lowest BCUT2D eigenvalue weighted by Crippen LogP contribution is -2.11. The van der Waals surface area contributed by atoms with Crippen LogP contribution in [0.2, 0.25) is 5.02 Å². The minimum absolute atomic E-state index is 0.173. The summed E-state index contributed by atoms with van der Waals surface area (Å²) in [4.78, 5) is 0. The second-order valence-electron chi connectivity index (χ2n) is 7.32. The van der Waals surface area contributed by atoms with E-state index in [1.807, 2.05) is 45.0 Å². The predicted octanol–water partition coefficient (Wildman–Crippen LogP) is 4.61. The molecule has 0 radical (unpaired) electrons. The molecule has 0 spiro atoms. The molecule has 0 aliphatic carbocycles. The van der Waals surface area contributed by atoms with Gasteiger partial charge in [-0.25, -0.2) is 0 Å². The number of rotatable bonds is 8. The van der Waals surface area contributed by atoms with Crippen molar-refractivity contribution in [2.75, 3.05) is 13.7 Å². The molecule has 3 rings (SSSR count). The standard InChI is InChI=1S/C19H24ClN5O2S/c1-19(2,3)17-23-21-15(27-17)12-28-18-24-22-16(25(18)10-7-11-26-4)13-8-5-6-9-14(13)20/h5-6,8-9H,7,10-12H2,1-4H3. The molecular formula is C19H24ClN5O2S. The monoisotopic (exact) mass is 421 g/mol. The van der Waals surface area contributed by atoms with Crippen molar-refractivity contribution in [3.8, 4) is 11.4 Å². The lowest BCUT2D eigenvalue weighted by molar-refractivity contribution is 0.189. The van der Waals surface area contributed by atoms with Crippen molar-refractivity contribution in [2.24, 2.45) is 0 Å². The Morgan fingerprint density at radius 3 is 2.61 bits per heavy atom. The van der Waals surface area contributed by atoms with Crippen LogP contribution >= 0.6 is 23.4 Å². The molecule has 1 aromatic carbocycles. The quantitative estimate of drug-likeness (QED) is 0.388. The molecule has 0 aliphatic rings. The first kappa shape index (κ1) is 20.8. The van der Waals surface area contributed by atoms with Gasteiger partial charge in [0.2, 0.25) is 11.8 Å². The summed E-state index contributed by atoms with van der Waals surface area (Å²) in [7, 11) is 1.69. The number of benzene rings is 1. The molecule has 9 heteroatoms. The zero-order valence-electron chi connectivity index (χ0n) is 16.5. The highest BCUT2D eigenvalue weighted by atomic mass is 35.5. The maximum Gasteiger partial charge on any atom is 0.226 e. The van der Waals surface area contributed by atoms with Crippen LogP contribution in [0.4, 0.5) is 0 Å². The maximum absolute atomic E-state index is 6.37. The third kappa shape index (κ3) is 4.92. The van der Waals surface area contributed by atoms with Crippen LogP contribution in [0.25, 0.3) is 11.4 Å². The summed E-state index contributed by atoms with van der Waals surface area (Å²) in [6.07, 6.45) is 0.842. The van der Waals surface area contributed by atoms with Crippen LogP contribution in [0.15, 0.2) is 33.8 Å². The fourth-order valence-electron chi connectivity index (χ4n) is 2.55. The van der Waals surface area contributed by atoms with Gasteiger partial charge >= 0.3 is 0 Å². The molecular weight excluding hydrogens is 398 g/mol. The van der Waals surface area contributed by atoms with Crippen molar-refractivity contribution >= 4 is 23.4 Å². The first-order valence-corrected chi connectivity index (χ1v) is 10.4. The van der Waals surface area contributed by atoms with Crippen molar-refractivity contribution in [1.29, 1.82) is 0 Å². The van der Waals surface area contributed by atoms with Crippen LogP contribution in [0.3, 0.4) is 0 Å². The van der Waals surface area contributed by atoms with Gasteiger partial charge in [0.1, 0.15) is 0 Å². The molecule has 3 aromatic rings. The Morgan fingerprint density at radius 1 is 1.14 bits per heavy atom. The summed E-state index contributed by atoms with van der Waals surface area (Å²) in [5.74, 6) is 2.46. The van der Waals surface area contributed by atoms with E-state index >= 15 is 0 Å². The van der Waals surface area contributed by atoms with Gasteiger partial charge in [0, 0.05) is 31.2 Å². The Labute approximate surface area is 173 Å². The molecule has 0 saturated heterocycles. The van der Waals surface area contributed by atoms with Crippen LogP contribution in [0, 0.1) is 0 Å². The van der Waals surface area contributed by atoms with Crippen molar-refractivity contribution < 1.29 is 9.15 Å². The van der Waals surface area contributed by atoms with E-state index in [9.17, 15) is 0 Å². The molecule has 150 valence electrons. The number of ether oxygens (including phenoxy) is 1. The van der Waals surface area contributed by atoms with Crippen LogP contribution in [-0.2, 0) is 22.4 Å². The smallest absolute Gasteiger partial charge is 0.226 e. The number of methoxy groups -OCH3 is 1. The van der Waals surface area contributed by atoms with E-state index in [2.05, 4.69) is 25.0 Å². The first-order valence-electron chi connectivity index (χ1n) is 9.03. The lowest BCUT2D eigenvalue weighted by atomic mass is 9.97. The van der Waals surface area contributed by atoms with E-state index in [0.717, 1.165) is 29.5 Å². The van der Waals surface area contributed by atoms with Crippen LogP contribution < -0.4 is 0 Å². The summed E-state index contributed by atoms with van der Waals surface area (Å²) < 4.78 is 13.0. The Kier molecular flexibility index (Phi) is 6.74. The molecule has 0 bridgehead atoms. The molecule has 2 heterocycles. The molecule has 7 nitrogen and oxygen atoms in total. The third-order valence-electron chi connectivity index (χ3n) is 3.99. The maximum atomic E-state index is 6.37. The fraction of sp³-hybridized carbons (Fsp3) is 0.474. The summed E-state index contributed by atoms with van der Waals surface area (Å²) in [5.41, 5.74) is 0.682. The number of hydrogen-bond donors (Lipinski definition) is 0. The van der Waals surface area contributed by atoms with E-state index < -0.39 is 0 Å². The van der Waals surface area contributed by atoms with E-state index in [4.69, 9.17) is 20.8 Å².